The summed E-state index contributed by atoms with van der Waals surface area (Å²) in [6, 6.07) is 75.7. The molecule has 13 aromatic rings. The molecule has 0 bridgehead atoms. The van der Waals surface area contributed by atoms with Crippen molar-refractivity contribution in [1.29, 1.82) is 0 Å². The van der Waals surface area contributed by atoms with Crippen molar-refractivity contribution in [3.05, 3.63) is 219 Å². The van der Waals surface area contributed by atoms with E-state index in [0.717, 1.165) is 99.3 Å². The van der Waals surface area contributed by atoms with Crippen molar-refractivity contribution in [2.45, 2.75) is 0 Å². The minimum atomic E-state index is 0.925. The summed E-state index contributed by atoms with van der Waals surface area (Å²) in [6.45, 7) is 0. The topological polar surface area (TPSA) is 51.6 Å². The van der Waals surface area contributed by atoms with E-state index in [1.165, 1.54) is 32.7 Å². The summed E-state index contributed by atoms with van der Waals surface area (Å²) in [5, 5.41) is 11.6. The van der Waals surface area contributed by atoms with Gasteiger partial charge in [-0.1, -0.05) is 152 Å². The normalized spacial score (nSPS) is 11.8. The molecule has 4 nitrogen and oxygen atoms in total. The first kappa shape index (κ1) is 36.1. The van der Waals surface area contributed by atoms with Gasteiger partial charge >= 0.3 is 0 Å². The second-order valence-electron chi connectivity index (χ2n) is 16.6. The minimum Gasteiger partial charge on any atom is -0.254 e. The van der Waals surface area contributed by atoms with Crippen LogP contribution < -0.4 is 0 Å². The number of nitrogens with zero attached hydrogens (tertiary/aromatic N) is 4. The third kappa shape index (κ3) is 5.99. The van der Waals surface area contributed by atoms with Crippen molar-refractivity contribution in [1.82, 2.24) is 19.9 Å². The Balaban J connectivity index is 0.801. The van der Waals surface area contributed by atoms with Crippen molar-refractivity contribution in [3.63, 3.8) is 0 Å². The maximum atomic E-state index is 5.31. The molecule has 4 heteroatoms. The highest BCUT2D eigenvalue weighted by molar-refractivity contribution is 6.21. The summed E-state index contributed by atoms with van der Waals surface area (Å²) in [5.41, 5.74) is 14.7. The van der Waals surface area contributed by atoms with Crippen LogP contribution in [-0.2, 0) is 0 Å². The van der Waals surface area contributed by atoms with E-state index in [1.807, 2.05) is 12.3 Å². The Kier molecular flexibility index (Phi) is 8.18. The fourth-order valence-electron chi connectivity index (χ4n) is 9.68. The predicted octanol–water partition coefficient (Wildman–Crippen LogP) is 15.7. The number of pyridine rings is 4. The molecule has 0 saturated heterocycles. The molecule has 0 atom stereocenters. The van der Waals surface area contributed by atoms with Gasteiger partial charge in [0.25, 0.3) is 0 Å². The number of rotatable bonds is 5. The summed E-state index contributed by atoms with van der Waals surface area (Å²) >= 11 is 0. The quantitative estimate of drug-likeness (QED) is 0.128. The van der Waals surface area contributed by atoms with Gasteiger partial charge < -0.3 is 0 Å². The Morgan fingerprint density at radius 1 is 0.250 bits per heavy atom. The number of hydrogen-bond acceptors (Lipinski definition) is 4. The van der Waals surface area contributed by atoms with E-state index in [9.17, 15) is 0 Å². The van der Waals surface area contributed by atoms with Gasteiger partial charge in [0.05, 0.1) is 39.1 Å². The van der Waals surface area contributed by atoms with Gasteiger partial charge in [-0.05, 0) is 115 Å². The zero-order valence-corrected chi connectivity index (χ0v) is 34.6. The first-order valence-electron chi connectivity index (χ1n) is 21.7. The molecule has 64 heavy (non-hydrogen) atoms. The second kappa shape index (κ2) is 14.5. The van der Waals surface area contributed by atoms with Crippen molar-refractivity contribution in [2.24, 2.45) is 0 Å². The van der Waals surface area contributed by atoms with Crippen molar-refractivity contribution in [3.8, 4) is 56.0 Å². The van der Waals surface area contributed by atoms with Gasteiger partial charge in [0.2, 0.25) is 0 Å². The largest absolute Gasteiger partial charge is 0.254 e. The van der Waals surface area contributed by atoms with Gasteiger partial charge in [0.15, 0.2) is 0 Å². The van der Waals surface area contributed by atoms with E-state index in [2.05, 4.69) is 211 Å². The summed E-state index contributed by atoms with van der Waals surface area (Å²) in [5.74, 6) is 0. The zero-order valence-electron chi connectivity index (χ0n) is 34.6. The van der Waals surface area contributed by atoms with Crippen LogP contribution >= 0.6 is 0 Å². The van der Waals surface area contributed by atoms with Crippen molar-refractivity contribution >= 4 is 75.9 Å². The standard InChI is InChI=1S/C60H36N4/c1-2-9-37(10-3-1)57-48-12-4-6-14-50(48)58(51-15-7-5-13-49(51)57)56-31-26-47-36-43(24-29-54(47)63-56)42-23-28-52-46(35-42)25-30-53(62-52)44-20-18-41-34-45(21-19-40(41)33-44)55-27-22-39-17-16-38-11-8-32-61-59(38)60(39)64-55/h1-36H. The summed E-state index contributed by atoms with van der Waals surface area (Å²) in [4.78, 5) is 20.2. The van der Waals surface area contributed by atoms with Gasteiger partial charge in [0, 0.05) is 44.4 Å². The molecule has 296 valence electrons. The van der Waals surface area contributed by atoms with Crippen LogP contribution in [0, 0.1) is 0 Å². The van der Waals surface area contributed by atoms with Crippen LogP contribution in [0.2, 0.25) is 0 Å². The Morgan fingerprint density at radius 2 is 0.703 bits per heavy atom. The lowest BCUT2D eigenvalue weighted by molar-refractivity contribution is 1.37. The van der Waals surface area contributed by atoms with Crippen LogP contribution in [0.3, 0.4) is 0 Å². The average molecular weight is 813 g/mol. The molecular formula is C60H36N4. The maximum Gasteiger partial charge on any atom is 0.0972 e. The summed E-state index contributed by atoms with van der Waals surface area (Å²) in [7, 11) is 0. The molecule has 13 rings (SSSR count). The number of aromatic nitrogens is 4. The highest BCUT2D eigenvalue weighted by Gasteiger charge is 2.18. The molecular weight excluding hydrogens is 777 g/mol. The van der Waals surface area contributed by atoms with Crippen molar-refractivity contribution < 1.29 is 0 Å². The molecule has 0 saturated carbocycles. The molecule has 0 N–H and O–H groups in total. The van der Waals surface area contributed by atoms with Crippen LogP contribution in [0.15, 0.2) is 219 Å². The van der Waals surface area contributed by atoms with E-state index in [-0.39, 0.29) is 0 Å². The van der Waals surface area contributed by atoms with E-state index in [1.54, 1.807) is 0 Å². The van der Waals surface area contributed by atoms with Crippen LogP contribution in [0.5, 0.6) is 0 Å². The third-order valence-corrected chi connectivity index (χ3v) is 12.8. The molecule has 0 spiro atoms. The van der Waals surface area contributed by atoms with Gasteiger partial charge in [-0.3, -0.25) is 4.98 Å². The fraction of sp³-hybridized carbons (Fsp3) is 0. The maximum absolute atomic E-state index is 5.31. The van der Waals surface area contributed by atoms with E-state index in [0.29, 0.717) is 0 Å². The highest BCUT2D eigenvalue weighted by Crippen LogP contribution is 2.43. The van der Waals surface area contributed by atoms with Gasteiger partial charge in [0.1, 0.15) is 0 Å². The zero-order chi connectivity index (χ0) is 42.1. The summed E-state index contributed by atoms with van der Waals surface area (Å²) in [6.07, 6.45) is 1.83. The number of fused-ring (bicyclic) bond motifs is 8. The smallest absolute Gasteiger partial charge is 0.0972 e. The average Bonchev–Trinajstić information content (AvgIpc) is 3.37. The minimum absolute atomic E-state index is 0.925. The monoisotopic (exact) mass is 812 g/mol. The molecule has 9 aromatic carbocycles. The fourth-order valence-corrected chi connectivity index (χ4v) is 9.68. The van der Waals surface area contributed by atoms with Crippen LogP contribution in [0.25, 0.3) is 132 Å². The Morgan fingerprint density at radius 3 is 1.33 bits per heavy atom. The predicted molar refractivity (Wildman–Crippen MR) is 267 cm³/mol. The van der Waals surface area contributed by atoms with Crippen LogP contribution in [0.1, 0.15) is 0 Å². The van der Waals surface area contributed by atoms with Crippen LogP contribution in [-0.4, -0.2) is 19.9 Å². The molecule has 4 aromatic heterocycles. The molecule has 0 amide bonds. The molecule has 0 unspecified atom stereocenters. The molecule has 4 heterocycles. The lowest BCUT2D eigenvalue weighted by atomic mass is 9.87. The van der Waals surface area contributed by atoms with Gasteiger partial charge in [-0.25, -0.2) is 15.0 Å². The first-order chi connectivity index (χ1) is 31.7. The number of hydrogen-bond donors (Lipinski definition) is 0. The molecule has 0 fully saturated rings. The van der Waals surface area contributed by atoms with E-state index >= 15 is 0 Å². The SMILES string of the molecule is c1ccc(-c2c3ccccc3c(-c3ccc4cc(-c5ccc6nc(-c7ccc8cc(-c9ccc%10ccc%11cccnc%11c%10n9)ccc8c7)ccc6c5)ccc4n3)c3ccccc23)cc1. The molecule has 0 radical (unpaired) electrons. The Bertz CT molecular complexity index is 3970. The highest BCUT2D eigenvalue weighted by atomic mass is 14.8. The molecule has 0 aliphatic carbocycles. The molecule has 0 aliphatic rings. The second-order valence-corrected chi connectivity index (χ2v) is 16.6. The Labute approximate surface area is 368 Å². The lowest BCUT2D eigenvalue weighted by Crippen LogP contribution is -1.93. The van der Waals surface area contributed by atoms with E-state index in [4.69, 9.17) is 15.0 Å². The van der Waals surface area contributed by atoms with Gasteiger partial charge in [-0.2, -0.15) is 0 Å². The Hall–Kier alpha value is -8.60. The van der Waals surface area contributed by atoms with E-state index < -0.39 is 0 Å². The number of benzene rings is 9. The van der Waals surface area contributed by atoms with Gasteiger partial charge in [-0.15, -0.1) is 0 Å². The first-order valence-corrected chi connectivity index (χ1v) is 21.7. The molecule has 0 aliphatic heterocycles. The van der Waals surface area contributed by atoms with Crippen molar-refractivity contribution in [2.75, 3.05) is 0 Å². The third-order valence-electron chi connectivity index (χ3n) is 12.8. The lowest BCUT2D eigenvalue weighted by Gasteiger charge is -2.17. The van der Waals surface area contributed by atoms with Crippen LogP contribution in [0.4, 0.5) is 0 Å². The summed E-state index contributed by atoms with van der Waals surface area (Å²) < 4.78 is 0.